The van der Waals surface area contributed by atoms with Crippen molar-refractivity contribution in [3.63, 3.8) is 0 Å². The van der Waals surface area contributed by atoms with Crippen molar-refractivity contribution in [2.45, 2.75) is 46.5 Å². The maximum Gasteiger partial charge on any atom is 0.222 e. The van der Waals surface area contributed by atoms with E-state index in [1.807, 2.05) is 13.2 Å². The van der Waals surface area contributed by atoms with Crippen molar-refractivity contribution in [2.24, 2.45) is 11.3 Å². The molecule has 1 unspecified atom stereocenters. The number of fused-ring (bicyclic) bond motifs is 1. The van der Waals surface area contributed by atoms with E-state index in [-0.39, 0.29) is 0 Å². The normalized spacial score (nSPS) is 19.9. The second kappa shape index (κ2) is 4.63. The van der Waals surface area contributed by atoms with Gasteiger partial charge < -0.3 is 5.32 Å². The molecule has 0 radical (unpaired) electrons. The van der Waals surface area contributed by atoms with Gasteiger partial charge in [0.05, 0.1) is 0 Å². The number of anilines is 1. The lowest BCUT2D eigenvalue weighted by molar-refractivity contribution is 0.182. The lowest BCUT2D eigenvalue weighted by Gasteiger charge is -2.36. The summed E-state index contributed by atoms with van der Waals surface area (Å²) in [7, 11) is 1.87. The summed E-state index contributed by atoms with van der Waals surface area (Å²) < 4.78 is 0. The van der Waals surface area contributed by atoms with Gasteiger partial charge in [-0.25, -0.2) is 9.97 Å². The zero-order valence-corrected chi connectivity index (χ0v) is 11.4. The maximum atomic E-state index is 4.55. The van der Waals surface area contributed by atoms with E-state index in [1.165, 1.54) is 24.1 Å². The van der Waals surface area contributed by atoms with Crippen LogP contribution in [0, 0.1) is 11.3 Å². The van der Waals surface area contributed by atoms with Crippen LogP contribution in [0.2, 0.25) is 0 Å². The molecule has 1 aliphatic carbocycles. The zero-order chi connectivity index (χ0) is 12.5. The predicted molar refractivity (Wildman–Crippen MR) is 71.2 cm³/mol. The van der Waals surface area contributed by atoms with Crippen molar-refractivity contribution in [1.82, 2.24) is 9.97 Å². The van der Waals surface area contributed by atoms with E-state index in [4.69, 9.17) is 0 Å². The SMILES string of the molecule is CCC(C)(C)C1CCc2nc(NC)ncc2C1. The smallest absolute Gasteiger partial charge is 0.222 e. The van der Waals surface area contributed by atoms with E-state index in [1.54, 1.807) is 0 Å². The number of aryl methyl sites for hydroxylation is 1. The molecule has 0 saturated carbocycles. The molecule has 0 aromatic carbocycles. The molecule has 3 nitrogen and oxygen atoms in total. The minimum atomic E-state index is 0.430. The van der Waals surface area contributed by atoms with Crippen molar-refractivity contribution < 1.29 is 0 Å². The summed E-state index contributed by atoms with van der Waals surface area (Å²) in [5, 5.41) is 3.01. The molecule has 1 N–H and O–H groups in total. The summed E-state index contributed by atoms with van der Waals surface area (Å²) in [5.41, 5.74) is 3.02. The van der Waals surface area contributed by atoms with Crippen molar-refractivity contribution in [1.29, 1.82) is 0 Å². The second-order valence-corrected chi connectivity index (χ2v) is 5.70. The van der Waals surface area contributed by atoms with E-state index in [0.29, 0.717) is 5.41 Å². The first kappa shape index (κ1) is 12.3. The molecule has 17 heavy (non-hydrogen) atoms. The summed E-state index contributed by atoms with van der Waals surface area (Å²) in [6, 6.07) is 0. The summed E-state index contributed by atoms with van der Waals surface area (Å²) in [6.07, 6.45) is 6.74. The topological polar surface area (TPSA) is 37.8 Å². The molecule has 94 valence electrons. The van der Waals surface area contributed by atoms with Gasteiger partial charge >= 0.3 is 0 Å². The minimum absolute atomic E-state index is 0.430. The van der Waals surface area contributed by atoms with Crippen molar-refractivity contribution >= 4 is 5.95 Å². The van der Waals surface area contributed by atoms with Crippen LogP contribution in [0.5, 0.6) is 0 Å². The fourth-order valence-electron chi connectivity index (χ4n) is 2.58. The van der Waals surface area contributed by atoms with Crippen LogP contribution in [-0.2, 0) is 12.8 Å². The van der Waals surface area contributed by atoms with Gasteiger partial charge in [0.1, 0.15) is 0 Å². The molecule has 1 heterocycles. The molecule has 1 atom stereocenters. The fourth-order valence-corrected chi connectivity index (χ4v) is 2.58. The third-order valence-electron chi connectivity index (χ3n) is 4.39. The Labute approximate surface area is 104 Å². The third kappa shape index (κ3) is 2.43. The average Bonchev–Trinajstić information content (AvgIpc) is 2.37. The molecule has 0 amide bonds. The first-order valence-electron chi connectivity index (χ1n) is 6.59. The molecule has 1 aliphatic rings. The first-order chi connectivity index (χ1) is 8.06. The molecule has 1 aromatic heterocycles. The van der Waals surface area contributed by atoms with E-state index in [9.17, 15) is 0 Å². The highest BCUT2D eigenvalue weighted by Gasteiger charge is 2.31. The van der Waals surface area contributed by atoms with Gasteiger partial charge in [-0.1, -0.05) is 27.2 Å². The maximum absolute atomic E-state index is 4.55. The lowest BCUT2D eigenvalue weighted by Crippen LogP contribution is -2.29. The molecule has 0 spiro atoms. The van der Waals surface area contributed by atoms with Crippen LogP contribution < -0.4 is 5.32 Å². The summed E-state index contributed by atoms with van der Waals surface area (Å²) in [5.74, 6) is 1.51. The van der Waals surface area contributed by atoms with E-state index >= 15 is 0 Å². The number of hydrogen-bond acceptors (Lipinski definition) is 3. The number of rotatable bonds is 3. The van der Waals surface area contributed by atoms with Crippen LogP contribution in [0.3, 0.4) is 0 Å². The van der Waals surface area contributed by atoms with E-state index < -0.39 is 0 Å². The van der Waals surface area contributed by atoms with Crippen molar-refractivity contribution in [2.75, 3.05) is 12.4 Å². The van der Waals surface area contributed by atoms with Crippen LogP contribution in [0.4, 0.5) is 5.95 Å². The highest BCUT2D eigenvalue weighted by atomic mass is 15.1. The first-order valence-corrected chi connectivity index (χ1v) is 6.59. The number of nitrogens with one attached hydrogen (secondary N) is 1. The van der Waals surface area contributed by atoms with Gasteiger partial charge in [-0.2, -0.15) is 0 Å². The Bertz CT molecular complexity index is 398. The number of aromatic nitrogens is 2. The van der Waals surface area contributed by atoms with Gasteiger partial charge in [0.2, 0.25) is 5.95 Å². The van der Waals surface area contributed by atoms with Crippen LogP contribution in [0.1, 0.15) is 44.9 Å². The van der Waals surface area contributed by atoms with Crippen molar-refractivity contribution in [3.8, 4) is 0 Å². The Balaban J connectivity index is 2.20. The molecule has 3 heteroatoms. The molecule has 0 saturated heterocycles. The standard InChI is InChI=1S/C14H23N3/c1-5-14(2,3)11-6-7-12-10(8-11)9-16-13(15-4)17-12/h9,11H,5-8H2,1-4H3,(H,15,16,17). The second-order valence-electron chi connectivity index (χ2n) is 5.70. The molecule has 2 rings (SSSR count). The van der Waals surface area contributed by atoms with Gasteiger partial charge in [0.15, 0.2) is 0 Å². The monoisotopic (exact) mass is 233 g/mol. The van der Waals surface area contributed by atoms with Crippen LogP contribution in [-0.4, -0.2) is 17.0 Å². The van der Waals surface area contributed by atoms with Gasteiger partial charge in [-0.05, 0) is 36.2 Å². The third-order valence-corrected chi connectivity index (χ3v) is 4.39. The fraction of sp³-hybridized carbons (Fsp3) is 0.714. The molecular formula is C14H23N3. The predicted octanol–water partition coefficient (Wildman–Crippen LogP) is 3.06. The molecular weight excluding hydrogens is 210 g/mol. The van der Waals surface area contributed by atoms with Gasteiger partial charge in [0, 0.05) is 18.9 Å². The molecule has 0 bridgehead atoms. The number of nitrogens with zero attached hydrogens (tertiary/aromatic N) is 2. The Kier molecular flexibility index (Phi) is 3.36. The quantitative estimate of drug-likeness (QED) is 0.872. The number of hydrogen-bond donors (Lipinski definition) is 1. The van der Waals surface area contributed by atoms with Crippen molar-refractivity contribution in [3.05, 3.63) is 17.5 Å². The summed E-state index contributed by atoms with van der Waals surface area (Å²) in [4.78, 5) is 8.88. The summed E-state index contributed by atoms with van der Waals surface area (Å²) >= 11 is 0. The van der Waals surface area contributed by atoms with Crippen LogP contribution >= 0.6 is 0 Å². The van der Waals surface area contributed by atoms with E-state index in [0.717, 1.165) is 24.7 Å². The average molecular weight is 233 g/mol. The van der Waals surface area contributed by atoms with Gasteiger partial charge in [-0.3, -0.25) is 0 Å². The van der Waals surface area contributed by atoms with Crippen LogP contribution in [0.15, 0.2) is 6.20 Å². The Hall–Kier alpha value is -1.12. The van der Waals surface area contributed by atoms with Gasteiger partial charge in [-0.15, -0.1) is 0 Å². The Morgan fingerprint density at radius 3 is 2.88 bits per heavy atom. The molecule has 0 fully saturated rings. The Morgan fingerprint density at radius 1 is 1.47 bits per heavy atom. The largest absolute Gasteiger partial charge is 0.357 e. The lowest BCUT2D eigenvalue weighted by atomic mass is 9.69. The molecule has 1 aromatic rings. The Morgan fingerprint density at radius 2 is 2.24 bits per heavy atom. The molecule has 0 aliphatic heterocycles. The zero-order valence-electron chi connectivity index (χ0n) is 11.4. The van der Waals surface area contributed by atoms with Crippen LogP contribution in [0.25, 0.3) is 0 Å². The van der Waals surface area contributed by atoms with Gasteiger partial charge in [0.25, 0.3) is 0 Å². The summed E-state index contributed by atoms with van der Waals surface area (Å²) in [6.45, 7) is 7.05. The highest BCUT2D eigenvalue weighted by Crippen LogP contribution is 2.39. The highest BCUT2D eigenvalue weighted by molar-refractivity contribution is 5.30. The minimum Gasteiger partial charge on any atom is -0.357 e. The van der Waals surface area contributed by atoms with E-state index in [2.05, 4.69) is 36.1 Å².